The summed E-state index contributed by atoms with van der Waals surface area (Å²) in [5.41, 5.74) is -1.53. The maximum absolute atomic E-state index is 12.5. The number of unbranched alkanes of at least 4 members (excludes halogenated alkanes) is 1. The Kier molecular flexibility index (Phi) is 13.0. The summed E-state index contributed by atoms with van der Waals surface area (Å²) in [6.07, 6.45) is 3.02. The number of nitrogens with one attached hydrogen (secondary N) is 1. The Morgan fingerprint density at radius 3 is 2.33 bits per heavy atom. The normalized spacial score (nSPS) is 13.0. The number of esters is 1. The van der Waals surface area contributed by atoms with Gasteiger partial charge < -0.3 is 29.4 Å². The number of alkyl carbamates (subject to hydrolysis) is 1. The SMILES string of the molecule is C=CC(=O)OCCNC(=O)OC(C)(C)C(COc1ccccc1)COC(C)(C)C(C)(C)CCCCO. The summed E-state index contributed by atoms with van der Waals surface area (Å²) in [7, 11) is 0. The van der Waals surface area contributed by atoms with Gasteiger partial charge in [0.1, 0.15) is 18.0 Å². The molecule has 0 heterocycles. The quantitative estimate of drug-likeness (QED) is 0.176. The number of carbonyl (C=O) groups excluding carboxylic acids is 2. The molecule has 0 bridgehead atoms. The molecule has 0 aliphatic carbocycles. The minimum absolute atomic E-state index is 0.0175. The highest BCUT2D eigenvalue weighted by Crippen LogP contribution is 2.39. The van der Waals surface area contributed by atoms with Gasteiger partial charge in [-0.05, 0) is 58.1 Å². The van der Waals surface area contributed by atoms with Gasteiger partial charge in [0.05, 0.1) is 31.3 Å². The van der Waals surface area contributed by atoms with Crippen LogP contribution in [0, 0.1) is 11.3 Å². The monoisotopic (exact) mass is 507 g/mol. The molecule has 0 radical (unpaired) electrons. The molecule has 8 heteroatoms. The highest BCUT2D eigenvalue weighted by molar-refractivity contribution is 5.81. The summed E-state index contributed by atoms with van der Waals surface area (Å²) < 4.78 is 23.1. The van der Waals surface area contributed by atoms with Crippen LogP contribution >= 0.6 is 0 Å². The van der Waals surface area contributed by atoms with Crippen molar-refractivity contribution in [2.24, 2.45) is 11.3 Å². The minimum Gasteiger partial charge on any atom is -0.493 e. The molecule has 1 unspecified atom stereocenters. The fraction of sp³-hybridized carbons (Fsp3) is 0.643. The zero-order valence-electron chi connectivity index (χ0n) is 22.8. The van der Waals surface area contributed by atoms with E-state index in [0.717, 1.165) is 31.1 Å². The Bertz CT molecular complexity index is 805. The largest absolute Gasteiger partial charge is 0.493 e. The van der Waals surface area contributed by atoms with Gasteiger partial charge in [-0.25, -0.2) is 9.59 Å². The number of benzene rings is 1. The third-order valence-corrected chi connectivity index (χ3v) is 6.80. The van der Waals surface area contributed by atoms with Crippen molar-refractivity contribution in [3.63, 3.8) is 0 Å². The number of aliphatic hydroxyl groups excluding tert-OH is 1. The highest BCUT2D eigenvalue weighted by Gasteiger charge is 2.41. The Labute approximate surface area is 216 Å². The van der Waals surface area contributed by atoms with Gasteiger partial charge in [0.2, 0.25) is 0 Å². The van der Waals surface area contributed by atoms with E-state index in [-0.39, 0.29) is 37.7 Å². The van der Waals surface area contributed by atoms with E-state index in [4.69, 9.17) is 24.1 Å². The van der Waals surface area contributed by atoms with Gasteiger partial charge >= 0.3 is 12.1 Å². The summed E-state index contributed by atoms with van der Waals surface area (Å²) in [5.74, 6) is -0.118. The van der Waals surface area contributed by atoms with E-state index in [0.29, 0.717) is 6.61 Å². The van der Waals surface area contributed by atoms with Crippen LogP contribution in [0.2, 0.25) is 0 Å². The lowest BCUT2D eigenvalue weighted by Gasteiger charge is -2.44. The summed E-state index contributed by atoms with van der Waals surface area (Å²) in [4.78, 5) is 23.6. The average molecular weight is 508 g/mol. The van der Waals surface area contributed by atoms with E-state index in [1.54, 1.807) is 0 Å². The predicted octanol–water partition coefficient (Wildman–Crippen LogP) is 4.90. The molecule has 0 spiro atoms. The molecule has 1 rings (SSSR count). The predicted molar refractivity (Wildman–Crippen MR) is 140 cm³/mol. The fourth-order valence-corrected chi connectivity index (χ4v) is 3.37. The molecule has 204 valence electrons. The summed E-state index contributed by atoms with van der Waals surface area (Å²) in [5, 5.41) is 11.7. The van der Waals surface area contributed by atoms with E-state index < -0.39 is 23.3 Å². The summed E-state index contributed by atoms with van der Waals surface area (Å²) in [6, 6.07) is 9.45. The average Bonchev–Trinajstić information content (AvgIpc) is 2.81. The number of hydrogen-bond donors (Lipinski definition) is 2. The van der Waals surface area contributed by atoms with E-state index in [1.807, 2.05) is 44.2 Å². The van der Waals surface area contributed by atoms with Gasteiger partial charge in [-0.15, -0.1) is 0 Å². The van der Waals surface area contributed by atoms with Gasteiger partial charge in [0.25, 0.3) is 0 Å². The first-order valence-corrected chi connectivity index (χ1v) is 12.5. The Balaban J connectivity index is 2.85. The van der Waals surface area contributed by atoms with E-state index in [1.165, 1.54) is 0 Å². The van der Waals surface area contributed by atoms with Crippen LogP contribution in [-0.2, 0) is 19.0 Å². The molecule has 0 saturated carbocycles. The lowest BCUT2D eigenvalue weighted by molar-refractivity contribution is -0.140. The van der Waals surface area contributed by atoms with Crippen molar-refractivity contribution in [2.75, 3.05) is 33.0 Å². The second-order valence-electron chi connectivity index (χ2n) is 10.5. The molecule has 2 N–H and O–H groups in total. The van der Waals surface area contributed by atoms with E-state index in [9.17, 15) is 9.59 Å². The number of amides is 1. The minimum atomic E-state index is -0.923. The zero-order valence-corrected chi connectivity index (χ0v) is 22.8. The van der Waals surface area contributed by atoms with Crippen LogP contribution in [0.5, 0.6) is 5.75 Å². The van der Waals surface area contributed by atoms with Gasteiger partial charge in [-0.1, -0.05) is 45.0 Å². The van der Waals surface area contributed by atoms with Crippen molar-refractivity contribution in [2.45, 2.75) is 72.0 Å². The van der Waals surface area contributed by atoms with Crippen LogP contribution in [0.25, 0.3) is 0 Å². The first-order chi connectivity index (χ1) is 16.8. The topological polar surface area (TPSA) is 103 Å². The number of rotatable bonds is 17. The maximum Gasteiger partial charge on any atom is 0.407 e. The molecule has 0 aliphatic rings. The van der Waals surface area contributed by atoms with Crippen molar-refractivity contribution in [1.29, 1.82) is 0 Å². The second kappa shape index (κ2) is 14.9. The summed E-state index contributed by atoms with van der Waals surface area (Å²) in [6.45, 7) is 16.3. The third kappa shape index (κ3) is 11.0. The lowest BCUT2D eigenvalue weighted by atomic mass is 9.73. The Morgan fingerprint density at radius 1 is 1.06 bits per heavy atom. The number of hydrogen-bond acceptors (Lipinski definition) is 7. The molecule has 1 aromatic rings. The summed E-state index contributed by atoms with van der Waals surface area (Å²) >= 11 is 0. The van der Waals surface area contributed by atoms with Crippen LogP contribution in [0.4, 0.5) is 4.79 Å². The molecule has 8 nitrogen and oxygen atoms in total. The van der Waals surface area contributed by atoms with E-state index in [2.05, 4.69) is 39.6 Å². The molecule has 0 aromatic heterocycles. The highest BCUT2D eigenvalue weighted by atomic mass is 16.6. The molecule has 0 fully saturated rings. The molecule has 0 aliphatic heterocycles. The van der Waals surface area contributed by atoms with Gasteiger partial charge in [-0.2, -0.15) is 0 Å². The number of carbonyl (C=O) groups is 2. The Hall–Kier alpha value is -2.58. The first-order valence-electron chi connectivity index (χ1n) is 12.5. The number of aliphatic hydroxyl groups is 1. The Morgan fingerprint density at radius 2 is 1.72 bits per heavy atom. The van der Waals surface area contributed by atoms with Crippen molar-refractivity contribution in [1.82, 2.24) is 5.32 Å². The maximum atomic E-state index is 12.5. The zero-order chi connectivity index (χ0) is 27.2. The standard InChI is InChI=1S/C28H45NO7/c1-8-24(31)33-19-17-29-25(32)36-27(4,5)22(20-34-23-14-10-9-11-15-23)21-35-28(6,7)26(2,3)16-12-13-18-30/h8-11,14-15,22,30H,1,12-13,16-21H2,2-7H3,(H,29,32). The number of para-hydroxylation sites is 1. The van der Waals surface area contributed by atoms with Crippen LogP contribution < -0.4 is 10.1 Å². The molecule has 1 aromatic carbocycles. The van der Waals surface area contributed by atoms with Crippen molar-refractivity contribution in [3.8, 4) is 5.75 Å². The lowest BCUT2D eigenvalue weighted by Crippen LogP contribution is -2.48. The molecule has 36 heavy (non-hydrogen) atoms. The van der Waals surface area contributed by atoms with Gasteiger partial charge in [-0.3, -0.25) is 0 Å². The van der Waals surface area contributed by atoms with E-state index >= 15 is 0 Å². The van der Waals surface area contributed by atoms with Gasteiger partial charge in [0.15, 0.2) is 0 Å². The van der Waals surface area contributed by atoms with Crippen LogP contribution in [0.15, 0.2) is 43.0 Å². The fourth-order valence-electron chi connectivity index (χ4n) is 3.37. The molecule has 1 atom stereocenters. The van der Waals surface area contributed by atoms with Crippen LogP contribution in [0.1, 0.15) is 60.8 Å². The van der Waals surface area contributed by atoms with Crippen molar-refractivity contribution < 1.29 is 33.6 Å². The van der Waals surface area contributed by atoms with Gasteiger partial charge in [0, 0.05) is 12.7 Å². The molecule has 0 saturated heterocycles. The third-order valence-electron chi connectivity index (χ3n) is 6.80. The second-order valence-corrected chi connectivity index (χ2v) is 10.5. The van der Waals surface area contributed by atoms with Crippen LogP contribution in [0.3, 0.4) is 0 Å². The number of ether oxygens (including phenoxy) is 4. The molecule has 1 amide bonds. The van der Waals surface area contributed by atoms with Crippen LogP contribution in [-0.4, -0.2) is 61.3 Å². The smallest absolute Gasteiger partial charge is 0.407 e. The van der Waals surface area contributed by atoms with Crippen molar-refractivity contribution in [3.05, 3.63) is 43.0 Å². The molecular weight excluding hydrogens is 462 g/mol. The van der Waals surface area contributed by atoms with Crippen molar-refractivity contribution >= 4 is 12.1 Å². The molecular formula is C28H45NO7. The first kappa shape index (κ1) is 31.4.